The van der Waals surface area contributed by atoms with E-state index in [4.69, 9.17) is 25.8 Å². The summed E-state index contributed by atoms with van der Waals surface area (Å²) in [5.74, 6) is 0.932. The lowest BCUT2D eigenvalue weighted by Gasteiger charge is -2.24. The van der Waals surface area contributed by atoms with Crippen molar-refractivity contribution in [2.24, 2.45) is 5.10 Å². The summed E-state index contributed by atoms with van der Waals surface area (Å²) in [6.45, 7) is -0.540. The van der Waals surface area contributed by atoms with E-state index < -0.39 is 22.5 Å². The highest BCUT2D eigenvalue weighted by atomic mass is 35.5. The zero-order valence-corrected chi connectivity index (χ0v) is 20.8. The number of anilines is 1. The van der Waals surface area contributed by atoms with Gasteiger partial charge < -0.3 is 14.2 Å². The zero-order chi connectivity index (χ0) is 25.4. The first-order valence-electron chi connectivity index (χ1n) is 10.2. The van der Waals surface area contributed by atoms with Crippen LogP contribution in [0.5, 0.6) is 17.2 Å². The van der Waals surface area contributed by atoms with Crippen LogP contribution >= 0.6 is 11.6 Å². The van der Waals surface area contributed by atoms with Gasteiger partial charge >= 0.3 is 0 Å². The highest BCUT2D eigenvalue weighted by Gasteiger charge is 2.27. The monoisotopic (exact) mass is 517 g/mol. The number of hydrogen-bond donors (Lipinski definition) is 1. The second-order valence-electron chi connectivity index (χ2n) is 7.07. The summed E-state index contributed by atoms with van der Waals surface area (Å²) in [4.78, 5) is 12.7. The second kappa shape index (κ2) is 11.6. The van der Waals surface area contributed by atoms with Gasteiger partial charge in [-0.15, -0.1) is 0 Å². The Kier molecular flexibility index (Phi) is 8.56. The van der Waals surface area contributed by atoms with E-state index in [9.17, 15) is 13.2 Å². The van der Waals surface area contributed by atoms with E-state index in [0.29, 0.717) is 27.8 Å². The molecule has 0 fully saturated rings. The van der Waals surface area contributed by atoms with Gasteiger partial charge in [0.2, 0.25) is 0 Å². The van der Waals surface area contributed by atoms with Crippen LogP contribution in [0.2, 0.25) is 5.02 Å². The molecular formula is C24H24ClN3O6S. The van der Waals surface area contributed by atoms with Gasteiger partial charge in [-0.2, -0.15) is 5.10 Å². The first-order chi connectivity index (χ1) is 16.8. The maximum atomic E-state index is 13.4. The van der Waals surface area contributed by atoms with Crippen molar-refractivity contribution in [1.82, 2.24) is 5.43 Å². The van der Waals surface area contributed by atoms with Crippen molar-refractivity contribution < 1.29 is 27.4 Å². The van der Waals surface area contributed by atoms with E-state index in [1.54, 1.807) is 36.4 Å². The lowest BCUT2D eigenvalue weighted by molar-refractivity contribution is -0.119. The Labute approximate surface area is 208 Å². The molecular weight excluding hydrogens is 494 g/mol. The SMILES string of the molecule is COc1ccc(S(=O)(=O)N(CC(=O)N/N=C\c2cc(OC)ccc2OC)c2cccc(Cl)c2)cc1. The van der Waals surface area contributed by atoms with Crippen LogP contribution in [0.15, 0.2) is 76.7 Å². The van der Waals surface area contributed by atoms with E-state index >= 15 is 0 Å². The van der Waals surface area contributed by atoms with Crippen molar-refractivity contribution in [2.45, 2.75) is 4.90 Å². The van der Waals surface area contributed by atoms with Crippen LogP contribution in [-0.2, 0) is 14.8 Å². The first-order valence-corrected chi connectivity index (χ1v) is 12.1. The molecule has 0 unspecified atom stereocenters. The minimum Gasteiger partial charge on any atom is -0.497 e. The summed E-state index contributed by atoms with van der Waals surface area (Å²) in [5, 5.41) is 4.26. The largest absolute Gasteiger partial charge is 0.497 e. The van der Waals surface area contributed by atoms with Gasteiger partial charge in [0.15, 0.2) is 0 Å². The topological polar surface area (TPSA) is 107 Å². The summed E-state index contributed by atoms with van der Waals surface area (Å²) in [6.07, 6.45) is 1.38. The highest BCUT2D eigenvalue weighted by Crippen LogP contribution is 2.27. The third kappa shape index (κ3) is 6.43. The van der Waals surface area contributed by atoms with Crippen LogP contribution in [0.25, 0.3) is 0 Å². The zero-order valence-electron chi connectivity index (χ0n) is 19.3. The molecule has 0 aliphatic rings. The number of carbonyl (C=O) groups excluding carboxylic acids is 1. The molecule has 0 aliphatic heterocycles. The highest BCUT2D eigenvalue weighted by molar-refractivity contribution is 7.92. The number of nitrogens with one attached hydrogen (secondary N) is 1. The molecule has 9 nitrogen and oxygen atoms in total. The number of ether oxygens (including phenoxy) is 3. The molecule has 3 aromatic rings. The molecule has 0 radical (unpaired) electrons. The maximum Gasteiger partial charge on any atom is 0.264 e. The fourth-order valence-electron chi connectivity index (χ4n) is 3.10. The first kappa shape index (κ1) is 25.9. The Morgan fingerprint density at radius 2 is 1.66 bits per heavy atom. The van der Waals surface area contributed by atoms with E-state index in [0.717, 1.165) is 4.31 Å². The van der Waals surface area contributed by atoms with Crippen molar-refractivity contribution in [3.05, 3.63) is 77.3 Å². The molecule has 3 aromatic carbocycles. The van der Waals surface area contributed by atoms with E-state index in [1.165, 1.54) is 57.9 Å². The Bertz CT molecular complexity index is 1310. The Balaban J connectivity index is 1.85. The third-order valence-electron chi connectivity index (χ3n) is 4.86. The number of carbonyl (C=O) groups is 1. The number of methoxy groups -OCH3 is 3. The van der Waals surface area contributed by atoms with Crippen molar-refractivity contribution in [3.63, 3.8) is 0 Å². The van der Waals surface area contributed by atoms with Gasteiger partial charge in [0.25, 0.3) is 15.9 Å². The molecule has 0 saturated carbocycles. The Morgan fingerprint density at radius 1 is 0.971 bits per heavy atom. The molecule has 1 amide bonds. The standard InChI is InChI=1S/C24H24ClN3O6S/c1-32-20-7-10-22(11-8-20)35(30,31)28(19-6-4-5-18(25)14-19)16-24(29)27-26-15-17-13-21(33-2)9-12-23(17)34-3/h4-15H,16H2,1-3H3,(H,27,29)/b26-15-. The molecule has 11 heteroatoms. The number of hydrogen-bond acceptors (Lipinski definition) is 7. The summed E-state index contributed by atoms with van der Waals surface area (Å²) in [5.41, 5.74) is 3.14. The number of benzene rings is 3. The summed E-state index contributed by atoms with van der Waals surface area (Å²) in [7, 11) is 0.393. The minimum absolute atomic E-state index is 0.0179. The summed E-state index contributed by atoms with van der Waals surface area (Å²) in [6, 6.07) is 17.2. The van der Waals surface area contributed by atoms with Crippen LogP contribution in [0.1, 0.15) is 5.56 Å². The number of hydrazone groups is 1. The van der Waals surface area contributed by atoms with Crippen LogP contribution in [0.4, 0.5) is 5.69 Å². The van der Waals surface area contributed by atoms with E-state index in [-0.39, 0.29) is 10.6 Å². The molecule has 1 N–H and O–H groups in total. The van der Waals surface area contributed by atoms with Crippen molar-refractivity contribution in [3.8, 4) is 17.2 Å². The molecule has 0 heterocycles. The van der Waals surface area contributed by atoms with Crippen LogP contribution in [0, 0.1) is 0 Å². The predicted molar refractivity (Wildman–Crippen MR) is 134 cm³/mol. The molecule has 0 atom stereocenters. The lowest BCUT2D eigenvalue weighted by Crippen LogP contribution is -2.39. The van der Waals surface area contributed by atoms with Gasteiger partial charge in [-0.25, -0.2) is 13.8 Å². The second-order valence-corrected chi connectivity index (χ2v) is 9.37. The van der Waals surface area contributed by atoms with Gasteiger partial charge in [0.05, 0.1) is 38.1 Å². The Morgan fingerprint density at radius 3 is 2.29 bits per heavy atom. The summed E-state index contributed by atoms with van der Waals surface area (Å²) < 4.78 is 43.4. The molecule has 0 bridgehead atoms. The minimum atomic E-state index is -4.12. The average molecular weight is 518 g/mol. The van der Waals surface area contributed by atoms with Crippen molar-refractivity contribution in [2.75, 3.05) is 32.2 Å². The fraction of sp³-hybridized carbons (Fsp3) is 0.167. The number of halogens is 1. The smallest absolute Gasteiger partial charge is 0.264 e. The molecule has 0 saturated heterocycles. The summed E-state index contributed by atoms with van der Waals surface area (Å²) >= 11 is 6.08. The molecule has 0 aromatic heterocycles. The number of nitrogens with zero attached hydrogens (tertiary/aromatic N) is 2. The van der Waals surface area contributed by atoms with Crippen LogP contribution in [0.3, 0.4) is 0 Å². The Hall–Kier alpha value is -3.76. The van der Waals surface area contributed by atoms with Gasteiger partial charge in [-0.1, -0.05) is 17.7 Å². The quantitative estimate of drug-likeness (QED) is 0.324. The molecule has 0 aliphatic carbocycles. The van der Waals surface area contributed by atoms with Gasteiger partial charge in [0.1, 0.15) is 23.8 Å². The normalized spacial score (nSPS) is 11.2. The van der Waals surface area contributed by atoms with E-state index in [2.05, 4.69) is 10.5 Å². The van der Waals surface area contributed by atoms with Crippen LogP contribution < -0.4 is 23.9 Å². The molecule has 184 valence electrons. The van der Waals surface area contributed by atoms with Crippen LogP contribution in [-0.4, -0.2) is 48.4 Å². The predicted octanol–water partition coefficient (Wildman–Crippen LogP) is 3.71. The van der Waals surface area contributed by atoms with Crippen molar-refractivity contribution >= 4 is 39.4 Å². The van der Waals surface area contributed by atoms with Gasteiger partial charge in [-0.05, 0) is 60.7 Å². The number of rotatable bonds is 10. The average Bonchev–Trinajstić information content (AvgIpc) is 2.87. The third-order valence-corrected chi connectivity index (χ3v) is 6.88. The number of amides is 1. The van der Waals surface area contributed by atoms with Gasteiger partial charge in [0, 0.05) is 10.6 Å². The maximum absolute atomic E-state index is 13.4. The van der Waals surface area contributed by atoms with Crippen molar-refractivity contribution in [1.29, 1.82) is 0 Å². The fourth-order valence-corrected chi connectivity index (χ4v) is 4.70. The molecule has 35 heavy (non-hydrogen) atoms. The molecule has 3 rings (SSSR count). The van der Waals surface area contributed by atoms with Gasteiger partial charge in [-0.3, -0.25) is 9.10 Å². The lowest BCUT2D eigenvalue weighted by atomic mass is 10.2. The van der Waals surface area contributed by atoms with E-state index in [1.807, 2.05) is 0 Å². The number of sulfonamides is 1. The molecule has 0 spiro atoms.